The van der Waals surface area contributed by atoms with Gasteiger partial charge in [-0.3, -0.25) is 10.0 Å². The predicted molar refractivity (Wildman–Crippen MR) is 111 cm³/mol. The van der Waals surface area contributed by atoms with Crippen LogP contribution in [0.4, 0.5) is 5.69 Å². The van der Waals surface area contributed by atoms with E-state index < -0.39 is 0 Å². The highest BCUT2D eigenvalue weighted by Crippen LogP contribution is 2.21. The SMILES string of the molecule is COc1oc(CCC(C)=CC(C)=Cc2ccc(N([O-])O)cc2)c(C)c(=O)c1C. The van der Waals surface area contributed by atoms with Crippen LogP contribution < -0.4 is 15.4 Å². The van der Waals surface area contributed by atoms with E-state index in [0.29, 0.717) is 23.3 Å². The van der Waals surface area contributed by atoms with Gasteiger partial charge in [0.25, 0.3) is 5.95 Å². The summed E-state index contributed by atoms with van der Waals surface area (Å²) in [4.78, 5) is 12.3. The molecular weight excluding hydrogens is 358 g/mol. The van der Waals surface area contributed by atoms with Crippen molar-refractivity contribution in [2.75, 3.05) is 12.3 Å². The van der Waals surface area contributed by atoms with Gasteiger partial charge < -0.3 is 19.6 Å². The number of ether oxygens (including phenoxy) is 1. The van der Waals surface area contributed by atoms with E-state index in [2.05, 4.69) is 6.08 Å². The lowest BCUT2D eigenvalue weighted by Crippen LogP contribution is -2.13. The minimum Gasteiger partial charge on any atom is -0.733 e. The topological polar surface area (TPSA) is 86.0 Å². The predicted octanol–water partition coefficient (Wildman–Crippen LogP) is 4.94. The molecule has 2 aromatic rings. The Balaban J connectivity index is 2.10. The van der Waals surface area contributed by atoms with Gasteiger partial charge in [-0.2, -0.15) is 0 Å². The van der Waals surface area contributed by atoms with Gasteiger partial charge >= 0.3 is 0 Å². The molecular formula is C22H26NO5-. The highest BCUT2D eigenvalue weighted by molar-refractivity contribution is 5.59. The van der Waals surface area contributed by atoms with E-state index in [1.165, 1.54) is 7.11 Å². The van der Waals surface area contributed by atoms with Crippen molar-refractivity contribution in [2.45, 2.75) is 40.5 Å². The largest absolute Gasteiger partial charge is 0.733 e. The van der Waals surface area contributed by atoms with Crippen LogP contribution in [0.2, 0.25) is 0 Å². The van der Waals surface area contributed by atoms with Crippen molar-refractivity contribution in [3.63, 3.8) is 0 Å². The molecule has 1 aromatic heterocycles. The molecule has 1 heterocycles. The Labute approximate surface area is 164 Å². The van der Waals surface area contributed by atoms with Gasteiger partial charge in [-0.25, -0.2) is 0 Å². The molecule has 0 atom stereocenters. The summed E-state index contributed by atoms with van der Waals surface area (Å²) in [7, 11) is 1.49. The summed E-state index contributed by atoms with van der Waals surface area (Å²) >= 11 is 0. The number of hydrogen-bond donors (Lipinski definition) is 1. The minimum absolute atomic E-state index is 0.0428. The van der Waals surface area contributed by atoms with Crippen molar-refractivity contribution in [1.82, 2.24) is 0 Å². The van der Waals surface area contributed by atoms with Gasteiger partial charge in [0.2, 0.25) is 0 Å². The quantitative estimate of drug-likeness (QED) is 0.537. The molecule has 1 aromatic carbocycles. The maximum atomic E-state index is 12.3. The normalized spacial score (nSPS) is 12.2. The average Bonchev–Trinajstić information content (AvgIpc) is 2.66. The van der Waals surface area contributed by atoms with E-state index >= 15 is 0 Å². The smallest absolute Gasteiger partial charge is 0.291 e. The first-order valence-corrected chi connectivity index (χ1v) is 9.01. The summed E-state index contributed by atoms with van der Waals surface area (Å²) in [5, 5.41) is 19.5. The zero-order valence-corrected chi connectivity index (χ0v) is 16.9. The van der Waals surface area contributed by atoms with Crippen molar-refractivity contribution in [3.05, 3.63) is 79.4 Å². The van der Waals surface area contributed by atoms with Crippen molar-refractivity contribution >= 4 is 11.8 Å². The van der Waals surface area contributed by atoms with Crippen LogP contribution in [0, 0.1) is 19.1 Å². The highest BCUT2D eigenvalue weighted by atomic mass is 16.8. The molecule has 0 saturated heterocycles. The van der Waals surface area contributed by atoms with Gasteiger partial charge in [-0.15, -0.1) is 0 Å². The summed E-state index contributed by atoms with van der Waals surface area (Å²) in [5.74, 6) is 0.912. The van der Waals surface area contributed by atoms with Crippen molar-refractivity contribution < 1.29 is 14.4 Å². The number of allylic oxidation sites excluding steroid dienone is 3. The van der Waals surface area contributed by atoms with Crippen molar-refractivity contribution in [1.29, 1.82) is 0 Å². The second kappa shape index (κ2) is 9.39. The monoisotopic (exact) mass is 384 g/mol. The molecule has 0 unspecified atom stereocenters. The minimum atomic E-state index is -0.162. The fourth-order valence-electron chi connectivity index (χ4n) is 2.97. The Morgan fingerprint density at radius 1 is 1.21 bits per heavy atom. The molecule has 0 saturated carbocycles. The Hall–Kier alpha value is -2.83. The molecule has 1 N–H and O–H groups in total. The van der Waals surface area contributed by atoms with Gasteiger partial charge in [0.1, 0.15) is 5.76 Å². The Morgan fingerprint density at radius 2 is 1.86 bits per heavy atom. The number of benzene rings is 1. The zero-order chi connectivity index (χ0) is 20.8. The first kappa shape index (κ1) is 21.5. The lowest BCUT2D eigenvalue weighted by molar-refractivity contribution is 0.279. The summed E-state index contributed by atoms with van der Waals surface area (Å²) in [6.07, 6.45) is 5.41. The van der Waals surface area contributed by atoms with E-state index in [4.69, 9.17) is 14.4 Å². The van der Waals surface area contributed by atoms with E-state index in [9.17, 15) is 10.0 Å². The summed E-state index contributed by atoms with van der Waals surface area (Å²) < 4.78 is 10.9. The molecule has 28 heavy (non-hydrogen) atoms. The van der Waals surface area contributed by atoms with E-state index in [-0.39, 0.29) is 22.3 Å². The standard InChI is InChI=1S/C22H26NO5/c1-14(6-11-20-16(3)21(24)17(4)22(27-5)28-20)12-15(2)13-18-7-9-19(10-8-18)23(25)26/h7-10,12-13,25H,6,11H2,1-5H3/q-1. The van der Waals surface area contributed by atoms with Crippen LogP contribution in [-0.2, 0) is 6.42 Å². The average molecular weight is 384 g/mol. The molecule has 0 amide bonds. The van der Waals surface area contributed by atoms with Crippen LogP contribution in [-0.4, -0.2) is 12.3 Å². The van der Waals surface area contributed by atoms with Crippen LogP contribution in [0.3, 0.4) is 0 Å². The Morgan fingerprint density at radius 3 is 2.43 bits per heavy atom. The number of rotatable bonds is 7. The molecule has 150 valence electrons. The van der Waals surface area contributed by atoms with Crippen LogP contribution in [0.25, 0.3) is 6.08 Å². The molecule has 0 spiro atoms. The number of anilines is 1. The number of hydrogen-bond acceptors (Lipinski definition) is 6. The third-order valence-electron chi connectivity index (χ3n) is 4.54. The third-order valence-corrected chi connectivity index (χ3v) is 4.54. The lowest BCUT2D eigenvalue weighted by Gasteiger charge is -2.21. The van der Waals surface area contributed by atoms with E-state index in [1.807, 2.05) is 19.9 Å². The molecule has 6 nitrogen and oxygen atoms in total. The van der Waals surface area contributed by atoms with E-state index in [1.54, 1.807) is 38.1 Å². The molecule has 2 rings (SSSR count). The van der Waals surface area contributed by atoms with Gasteiger partial charge in [-0.1, -0.05) is 35.4 Å². The maximum absolute atomic E-state index is 12.3. The maximum Gasteiger partial charge on any atom is 0.291 e. The van der Waals surface area contributed by atoms with Gasteiger partial charge in [0.15, 0.2) is 5.43 Å². The second-order valence-corrected chi connectivity index (χ2v) is 6.84. The fraction of sp³-hybridized carbons (Fsp3) is 0.318. The third kappa shape index (κ3) is 5.34. The Bertz CT molecular complexity index is 937. The molecule has 0 bridgehead atoms. The molecule has 0 aliphatic carbocycles. The number of aryl methyl sites for hydroxylation is 1. The molecule has 6 heteroatoms. The first-order valence-electron chi connectivity index (χ1n) is 9.01. The van der Waals surface area contributed by atoms with E-state index in [0.717, 1.165) is 23.1 Å². The number of methoxy groups -OCH3 is 1. The Kier molecular flexibility index (Phi) is 7.20. The van der Waals surface area contributed by atoms with Crippen LogP contribution in [0.15, 0.2) is 50.7 Å². The summed E-state index contributed by atoms with van der Waals surface area (Å²) in [5.41, 5.74) is 4.38. The van der Waals surface area contributed by atoms with Gasteiger partial charge in [-0.05, 0) is 51.8 Å². The highest BCUT2D eigenvalue weighted by Gasteiger charge is 2.13. The molecule has 0 aliphatic heterocycles. The van der Waals surface area contributed by atoms with Crippen molar-refractivity contribution in [3.8, 4) is 5.95 Å². The lowest BCUT2D eigenvalue weighted by atomic mass is 10.0. The second-order valence-electron chi connectivity index (χ2n) is 6.84. The number of nitrogens with zero attached hydrogens (tertiary/aromatic N) is 1. The summed E-state index contributed by atoms with van der Waals surface area (Å²) in [6, 6.07) is 6.63. The van der Waals surface area contributed by atoms with Gasteiger partial charge in [0.05, 0.1) is 18.4 Å². The van der Waals surface area contributed by atoms with Crippen molar-refractivity contribution in [2.24, 2.45) is 0 Å². The first-order chi connectivity index (χ1) is 13.2. The van der Waals surface area contributed by atoms with Crippen LogP contribution in [0.5, 0.6) is 5.95 Å². The van der Waals surface area contributed by atoms with Crippen LogP contribution >= 0.6 is 0 Å². The zero-order valence-electron chi connectivity index (χ0n) is 16.9. The molecule has 0 fully saturated rings. The van der Waals surface area contributed by atoms with Gasteiger partial charge in [0, 0.05) is 12.0 Å². The summed E-state index contributed by atoms with van der Waals surface area (Å²) in [6.45, 7) is 7.49. The molecule has 0 aliphatic rings. The van der Waals surface area contributed by atoms with Crippen LogP contribution in [0.1, 0.15) is 42.7 Å². The molecule has 0 radical (unpaired) electrons. The fourth-order valence-corrected chi connectivity index (χ4v) is 2.97.